The van der Waals surface area contributed by atoms with Crippen LogP contribution in [0.2, 0.25) is 5.02 Å². The van der Waals surface area contributed by atoms with E-state index in [0.29, 0.717) is 29.8 Å². The summed E-state index contributed by atoms with van der Waals surface area (Å²) in [5.74, 6) is 0.802. The van der Waals surface area contributed by atoms with E-state index in [9.17, 15) is 4.21 Å². The van der Waals surface area contributed by atoms with Gasteiger partial charge in [-0.05, 0) is 26.8 Å². The van der Waals surface area contributed by atoms with Gasteiger partial charge in [0.1, 0.15) is 11.4 Å². The molecule has 0 bridgehead atoms. The fraction of sp³-hybridized carbons (Fsp3) is 0.529. The lowest BCUT2D eigenvalue weighted by atomic mass is 10.0. The van der Waals surface area contributed by atoms with Gasteiger partial charge in [-0.1, -0.05) is 11.6 Å². The predicted molar refractivity (Wildman–Crippen MR) is 108 cm³/mol. The van der Waals surface area contributed by atoms with Crippen LogP contribution in [0.3, 0.4) is 0 Å². The highest BCUT2D eigenvalue weighted by Crippen LogP contribution is 2.44. The first-order valence-electron chi connectivity index (χ1n) is 8.23. The summed E-state index contributed by atoms with van der Waals surface area (Å²) < 4.78 is 19.0. The van der Waals surface area contributed by atoms with Crippen LogP contribution in [0.1, 0.15) is 25.6 Å². The van der Waals surface area contributed by atoms with Crippen LogP contribution >= 0.6 is 22.9 Å². The van der Waals surface area contributed by atoms with Crippen molar-refractivity contribution in [1.29, 1.82) is 0 Å². The van der Waals surface area contributed by atoms with E-state index in [-0.39, 0.29) is 0 Å². The average Bonchev–Trinajstić information content (AvgIpc) is 3.18. The molecule has 2 atom stereocenters. The van der Waals surface area contributed by atoms with E-state index >= 15 is 0 Å². The minimum absolute atomic E-state index is 0.396. The molecule has 0 saturated heterocycles. The Kier molecular flexibility index (Phi) is 5.31. The van der Waals surface area contributed by atoms with E-state index in [1.54, 1.807) is 18.4 Å². The van der Waals surface area contributed by atoms with E-state index in [1.165, 1.54) is 0 Å². The molecule has 2 N–H and O–H groups in total. The molecule has 0 fully saturated rings. The lowest BCUT2D eigenvalue weighted by Crippen LogP contribution is -2.51. The molecule has 0 aromatic carbocycles. The van der Waals surface area contributed by atoms with Crippen LogP contribution in [-0.2, 0) is 27.6 Å². The van der Waals surface area contributed by atoms with Gasteiger partial charge in [0.05, 0.1) is 39.7 Å². The van der Waals surface area contributed by atoms with Crippen LogP contribution in [0.25, 0.3) is 10.4 Å². The van der Waals surface area contributed by atoms with Crippen LogP contribution in [0.4, 0.5) is 0 Å². The van der Waals surface area contributed by atoms with Crippen molar-refractivity contribution in [2.45, 2.75) is 37.6 Å². The summed E-state index contributed by atoms with van der Waals surface area (Å²) in [6.45, 7) is 6.95. The van der Waals surface area contributed by atoms with Crippen molar-refractivity contribution in [3.8, 4) is 10.4 Å². The van der Waals surface area contributed by atoms with Crippen LogP contribution in [0.15, 0.2) is 23.5 Å². The number of rotatable bonds is 5. The molecule has 0 spiro atoms. The molecular formula is C17H23ClN4O2S2. The van der Waals surface area contributed by atoms with Gasteiger partial charge >= 0.3 is 0 Å². The Morgan fingerprint density at radius 3 is 2.85 bits per heavy atom. The summed E-state index contributed by atoms with van der Waals surface area (Å²) in [5.41, 5.74) is 6.43. The van der Waals surface area contributed by atoms with Gasteiger partial charge in [-0.3, -0.25) is 13.9 Å². The number of hydrogen-bond donors (Lipinski definition) is 1. The molecule has 2 aromatic rings. The number of ether oxygens (including phenoxy) is 1. The van der Waals surface area contributed by atoms with Gasteiger partial charge in [-0.25, -0.2) is 0 Å². The highest BCUT2D eigenvalue weighted by atomic mass is 35.5. The van der Waals surface area contributed by atoms with E-state index < -0.39 is 21.1 Å². The highest BCUT2D eigenvalue weighted by Gasteiger charge is 2.44. The Morgan fingerprint density at radius 1 is 1.46 bits per heavy atom. The highest BCUT2D eigenvalue weighted by molar-refractivity contribution is 7.87. The number of nitrogens with two attached hydrogens (primary N) is 1. The quantitative estimate of drug-likeness (QED) is 0.815. The molecule has 1 unspecified atom stereocenters. The fourth-order valence-corrected chi connectivity index (χ4v) is 5.84. The first-order valence-corrected chi connectivity index (χ1v) is 10.7. The molecule has 3 rings (SSSR count). The number of amidine groups is 1. The molecule has 3 heterocycles. The normalized spacial score (nSPS) is 25.3. The SMILES string of the molecule is COCCn1cc(-c2cc(Cl)c([C@]3(C)CS(=O)C(C)(C)C(N)=N3)s2)cn1. The Balaban J connectivity index is 1.95. The maximum atomic E-state index is 12.7. The third-order valence-electron chi connectivity index (χ3n) is 4.58. The van der Waals surface area contributed by atoms with Crippen LogP contribution in [-0.4, -0.2) is 44.0 Å². The second-order valence-corrected chi connectivity index (χ2v) is 10.5. The van der Waals surface area contributed by atoms with Crippen molar-refractivity contribution < 1.29 is 8.95 Å². The van der Waals surface area contributed by atoms with Gasteiger partial charge in [-0.2, -0.15) is 5.10 Å². The zero-order valence-electron chi connectivity index (χ0n) is 15.3. The molecule has 0 amide bonds. The minimum Gasteiger partial charge on any atom is -0.386 e. The van der Waals surface area contributed by atoms with Crippen LogP contribution < -0.4 is 5.73 Å². The van der Waals surface area contributed by atoms with E-state index in [2.05, 4.69) is 5.10 Å². The van der Waals surface area contributed by atoms with Crippen molar-refractivity contribution in [3.05, 3.63) is 28.4 Å². The zero-order chi connectivity index (χ0) is 19.1. The van der Waals surface area contributed by atoms with Crippen molar-refractivity contribution >= 4 is 39.6 Å². The maximum absolute atomic E-state index is 12.7. The summed E-state index contributed by atoms with van der Waals surface area (Å²) in [5, 5.41) is 4.96. The van der Waals surface area contributed by atoms with Crippen molar-refractivity contribution in [1.82, 2.24) is 9.78 Å². The molecular weight excluding hydrogens is 392 g/mol. The maximum Gasteiger partial charge on any atom is 0.113 e. The van der Waals surface area contributed by atoms with E-state index in [1.807, 2.05) is 43.9 Å². The Labute approximate surface area is 164 Å². The molecule has 1 aliphatic heterocycles. The summed E-state index contributed by atoms with van der Waals surface area (Å²) in [4.78, 5) is 6.57. The third kappa shape index (κ3) is 3.47. The second-order valence-electron chi connectivity index (χ2n) is 7.04. The molecule has 0 aliphatic carbocycles. The first kappa shape index (κ1) is 19.5. The third-order valence-corrected chi connectivity index (χ3v) is 8.60. The Morgan fingerprint density at radius 2 is 2.19 bits per heavy atom. The number of nitrogens with zero attached hydrogens (tertiary/aromatic N) is 3. The molecule has 26 heavy (non-hydrogen) atoms. The standard InChI is InChI=1S/C17H23ClN4O2S2/c1-16(2)15(19)21-17(3,10-26(16)23)14-12(18)7-13(25-14)11-8-20-22(9-11)5-6-24-4/h7-9H,5-6,10H2,1-4H3,(H2,19,21)/t17-,26?/m0/s1. The molecule has 6 nitrogen and oxygen atoms in total. The number of thiophene rings is 1. The number of aromatic nitrogens is 2. The summed E-state index contributed by atoms with van der Waals surface area (Å²) in [7, 11) is 0.533. The van der Waals surface area contributed by atoms with Gasteiger partial charge in [0.15, 0.2) is 0 Å². The molecule has 0 radical (unpaired) electrons. The van der Waals surface area contributed by atoms with Gasteiger partial charge in [0.2, 0.25) is 0 Å². The monoisotopic (exact) mass is 414 g/mol. The van der Waals surface area contributed by atoms with E-state index in [4.69, 9.17) is 27.1 Å². The molecule has 1 aliphatic rings. The molecule has 2 aromatic heterocycles. The van der Waals surface area contributed by atoms with Crippen LogP contribution in [0, 0.1) is 0 Å². The number of methoxy groups -OCH3 is 1. The molecule has 142 valence electrons. The fourth-order valence-electron chi connectivity index (χ4n) is 2.78. The van der Waals surface area contributed by atoms with Gasteiger partial charge in [-0.15, -0.1) is 11.3 Å². The van der Waals surface area contributed by atoms with Crippen molar-refractivity contribution in [3.63, 3.8) is 0 Å². The van der Waals surface area contributed by atoms with E-state index in [0.717, 1.165) is 15.3 Å². The molecule has 0 saturated carbocycles. The lowest BCUT2D eigenvalue weighted by Gasteiger charge is -2.36. The summed E-state index contributed by atoms with van der Waals surface area (Å²) in [6, 6.07) is 1.92. The second kappa shape index (κ2) is 7.07. The first-order chi connectivity index (χ1) is 12.2. The smallest absolute Gasteiger partial charge is 0.113 e. The van der Waals surface area contributed by atoms with Gasteiger partial charge < -0.3 is 10.5 Å². The Hall–Kier alpha value is -1.22. The largest absolute Gasteiger partial charge is 0.386 e. The number of halogens is 1. The Bertz CT molecular complexity index is 874. The topological polar surface area (TPSA) is 82.5 Å². The zero-order valence-corrected chi connectivity index (χ0v) is 17.7. The summed E-state index contributed by atoms with van der Waals surface area (Å²) in [6.07, 6.45) is 3.77. The van der Waals surface area contributed by atoms with Crippen LogP contribution in [0.5, 0.6) is 0 Å². The predicted octanol–water partition coefficient (Wildman–Crippen LogP) is 3.02. The molecule has 9 heteroatoms. The average molecular weight is 415 g/mol. The minimum atomic E-state index is -1.13. The van der Waals surface area contributed by atoms with Gasteiger partial charge in [0, 0.05) is 34.5 Å². The van der Waals surface area contributed by atoms with Crippen molar-refractivity contribution in [2.75, 3.05) is 19.5 Å². The van der Waals surface area contributed by atoms with Gasteiger partial charge in [0.25, 0.3) is 0 Å². The summed E-state index contributed by atoms with van der Waals surface area (Å²) >= 11 is 8.07. The van der Waals surface area contributed by atoms with Crippen molar-refractivity contribution in [2.24, 2.45) is 10.7 Å². The number of aliphatic imine (C=N–C) groups is 1. The number of hydrogen-bond acceptors (Lipinski definition) is 6. The lowest BCUT2D eigenvalue weighted by molar-refractivity contribution is 0.183.